The Hall–Kier alpha value is 3.95. The van der Waals surface area contributed by atoms with E-state index >= 15 is 0 Å². The van der Waals surface area contributed by atoms with Crippen LogP contribution in [0.15, 0.2) is 0 Å². The molecule has 21 valence electrons. The zero-order valence-electron chi connectivity index (χ0n) is 5.39. The Morgan fingerprint density at radius 1 is 1.40 bits per heavy atom. The second-order valence-electron chi connectivity index (χ2n) is 0. The Morgan fingerprint density at radius 3 is 1.40 bits per heavy atom. The summed E-state index contributed by atoms with van der Waals surface area (Å²) in [6.45, 7) is 0. The fraction of sp³-hybridized carbons (Fsp3) is 0. The van der Waals surface area contributed by atoms with E-state index in [1.807, 2.05) is 0 Å². The summed E-state index contributed by atoms with van der Waals surface area (Å²) in [5.74, 6) is 0. The van der Waals surface area contributed by atoms with Gasteiger partial charge in [0, 0.05) is 0 Å². The van der Waals surface area contributed by atoms with E-state index in [1.54, 1.807) is 0 Å². The van der Waals surface area contributed by atoms with Crippen LogP contribution in [0.1, 0.15) is 2.85 Å². The maximum absolute atomic E-state index is 8.17. The first-order chi connectivity index (χ1) is 1.00. The average molecular weight is 237 g/mol. The molecule has 0 aromatic rings. The minimum atomic E-state index is 0. The molecule has 0 N–H and O–H groups in total. The van der Waals surface area contributed by atoms with Gasteiger partial charge in [0.05, 0.1) is 0 Å². The summed E-state index contributed by atoms with van der Waals surface area (Å²) in [7, 11) is 0. The van der Waals surface area contributed by atoms with Gasteiger partial charge in [-0.2, -0.15) is 0 Å². The van der Waals surface area contributed by atoms with Gasteiger partial charge < -0.3 is 2.85 Å². The van der Waals surface area contributed by atoms with Gasteiger partial charge in [-0.3, -0.25) is 4.70 Å². The van der Waals surface area contributed by atoms with Crippen LogP contribution in [0.25, 0.3) is 0 Å². The number of hydrogen-bond donors (Lipinski definition) is 0. The van der Waals surface area contributed by atoms with Crippen LogP contribution < -0.4 is 120 Å². The summed E-state index contributed by atoms with van der Waals surface area (Å²) in [5.41, 5.74) is 0. The Bertz CT molecular complexity index is 17.7. The quantitative estimate of drug-likeness (QED) is 0.383. The molecule has 0 aliphatic carbocycles. The van der Waals surface area contributed by atoms with Crippen molar-refractivity contribution in [2.75, 3.05) is 0 Å². The number of halogens is 1. The van der Waals surface area contributed by atoms with Crippen LogP contribution in [0.3, 0.4) is 0 Å². The third kappa shape index (κ3) is 18.0. The standard InChI is InChI=1S/Al.Cs.FH.K.O.2H/h;;1H;;;;/q;+1;;+1;;2*-1. The first-order valence-electron chi connectivity index (χ1n) is 0.236. The topological polar surface area (TPSA) is 17.1 Å². The molecule has 1 radical (unpaired) electrons. The molecule has 0 saturated heterocycles. The Kier molecular flexibility index (Phi) is 114. The zero-order chi connectivity index (χ0) is 2.00. The maximum atomic E-state index is 8.17. The third-order valence-corrected chi connectivity index (χ3v) is 0. The third-order valence-electron chi connectivity index (χ3n) is 0. The molecule has 0 aliphatic rings. The average Bonchev–Trinajstić information content (AvgIpc) is 1.00. The Labute approximate surface area is 143 Å². The van der Waals surface area contributed by atoms with Gasteiger partial charge in [-0.1, -0.05) is 0 Å². The van der Waals surface area contributed by atoms with Crippen molar-refractivity contribution < 1.29 is 132 Å². The molecule has 5 heavy (non-hydrogen) atoms. The summed E-state index contributed by atoms with van der Waals surface area (Å²) in [5, 5.41) is 0. The van der Waals surface area contributed by atoms with Crippen LogP contribution in [0.5, 0.6) is 0 Å². The molecule has 0 saturated carbocycles. The van der Waals surface area contributed by atoms with Crippen molar-refractivity contribution in [3.8, 4) is 0 Å². The van der Waals surface area contributed by atoms with E-state index in [-0.39, 0.29) is 128 Å². The molecule has 0 fully saturated rings. The van der Waals surface area contributed by atoms with Gasteiger partial charge in [0.25, 0.3) is 0 Å². The van der Waals surface area contributed by atoms with E-state index < -0.39 is 0 Å². The molecule has 0 amide bonds. The summed E-state index contributed by atoms with van der Waals surface area (Å²) < 4.78 is 8.17. The molecule has 0 heterocycles. The van der Waals surface area contributed by atoms with Crippen LogP contribution in [-0.4, -0.2) is 16.2 Å². The van der Waals surface area contributed by atoms with Crippen LogP contribution in [0, 0.1) is 0 Å². The number of rotatable bonds is 0. The van der Waals surface area contributed by atoms with E-state index in [4.69, 9.17) is 3.80 Å². The van der Waals surface area contributed by atoms with Crippen molar-refractivity contribution in [1.29, 1.82) is 0 Å². The molecule has 0 bridgehead atoms. The van der Waals surface area contributed by atoms with Crippen LogP contribution in [0.4, 0.5) is 4.70 Å². The van der Waals surface area contributed by atoms with Gasteiger partial charge in [0.1, 0.15) is 0 Å². The minimum absolute atomic E-state index is 0. The van der Waals surface area contributed by atoms with Crippen molar-refractivity contribution >= 4 is 16.2 Å². The second-order valence-corrected chi connectivity index (χ2v) is 0. The van der Waals surface area contributed by atoms with Crippen molar-refractivity contribution in [1.82, 2.24) is 0 Å². The van der Waals surface area contributed by atoms with Gasteiger partial charge in [0.2, 0.25) is 0 Å². The molecule has 1 nitrogen and oxygen atoms in total. The molecular weight excluding hydrogens is 234 g/mol. The van der Waals surface area contributed by atoms with Crippen LogP contribution >= 0.6 is 0 Å². The van der Waals surface area contributed by atoms with Gasteiger partial charge in [-0.05, 0) is 0 Å². The number of hydrogen-bond acceptors (Lipinski definition) is 1. The van der Waals surface area contributed by atoms with E-state index in [9.17, 15) is 0 Å². The molecule has 0 aromatic heterocycles. The summed E-state index contributed by atoms with van der Waals surface area (Å²) in [4.78, 5) is 0. The fourth-order valence-corrected chi connectivity index (χ4v) is 0. The van der Waals surface area contributed by atoms with E-state index in [0.29, 0.717) is 0 Å². The normalized spacial score (nSPS) is 0.600. The predicted octanol–water partition coefficient (Wildman–Crippen LogP) is -6.11. The second kappa shape index (κ2) is 24.6. The van der Waals surface area contributed by atoms with E-state index in [2.05, 4.69) is 0 Å². The Morgan fingerprint density at radius 2 is 1.40 bits per heavy atom. The first-order valence-corrected chi connectivity index (χ1v) is 0.707. The van der Waals surface area contributed by atoms with Gasteiger partial charge in [-0.25, -0.2) is 0 Å². The summed E-state index contributed by atoms with van der Waals surface area (Å²) in [6, 6.07) is 0. The molecule has 0 rings (SSSR count). The molecular formula is H3AlCsFKO. The van der Waals surface area contributed by atoms with Crippen LogP contribution in [-0.2, 0) is 3.80 Å². The summed E-state index contributed by atoms with van der Waals surface area (Å²) in [6.07, 6.45) is 0. The molecule has 0 aliphatic heterocycles. The van der Waals surface area contributed by atoms with Crippen molar-refractivity contribution in [3.05, 3.63) is 0 Å². The monoisotopic (exact) mass is 237 g/mol. The van der Waals surface area contributed by atoms with Gasteiger partial charge >= 0.3 is 140 Å². The molecule has 0 aromatic carbocycles. The van der Waals surface area contributed by atoms with E-state index in [1.165, 1.54) is 16.2 Å². The predicted molar refractivity (Wildman–Crippen MR) is 11.2 cm³/mol. The fourth-order valence-electron chi connectivity index (χ4n) is 0. The summed E-state index contributed by atoms with van der Waals surface area (Å²) >= 11 is 1.17. The van der Waals surface area contributed by atoms with Crippen molar-refractivity contribution in [3.63, 3.8) is 0 Å². The van der Waals surface area contributed by atoms with E-state index in [0.717, 1.165) is 0 Å². The Balaban J connectivity index is -0.000000000500. The van der Waals surface area contributed by atoms with Crippen molar-refractivity contribution in [2.24, 2.45) is 0 Å². The van der Waals surface area contributed by atoms with Gasteiger partial charge in [-0.15, -0.1) is 0 Å². The van der Waals surface area contributed by atoms with Crippen LogP contribution in [0.2, 0.25) is 0 Å². The zero-order valence-corrected chi connectivity index (χ0v) is 14.0. The van der Waals surface area contributed by atoms with Gasteiger partial charge in [0.15, 0.2) is 0 Å². The SMILES string of the molecule is F.[Cs+].[H-].[H-].[K+].[O]=[Al]. The molecule has 0 atom stereocenters. The first kappa shape index (κ1) is 23.1. The molecule has 5 heteroatoms. The van der Waals surface area contributed by atoms with Crippen molar-refractivity contribution in [2.45, 2.75) is 0 Å². The molecule has 0 unspecified atom stereocenters. The molecule has 0 spiro atoms.